The second kappa shape index (κ2) is 6.19. The molecular weight excluding hydrogens is 308 g/mol. The van der Waals surface area contributed by atoms with Crippen LogP contribution in [0.1, 0.15) is 23.8 Å². The van der Waals surface area contributed by atoms with E-state index in [9.17, 15) is 4.79 Å². The van der Waals surface area contributed by atoms with E-state index in [4.69, 9.17) is 4.42 Å². The average molecular weight is 324 g/mol. The highest BCUT2D eigenvalue weighted by Gasteiger charge is 2.21. The molecule has 0 saturated heterocycles. The standard InChI is InChI=1S/C14H16N2O3S2/c1-8-3-4-10-9(5-8)6-11(21-10)13-15-16-14(19-13)20-7-12(17)18-2/h6,8H,3-5,7H2,1-2H3. The smallest absolute Gasteiger partial charge is 0.316 e. The highest BCUT2D eigenvalue weighted by atomic mass is 32.2. The Hall–Kier alpha value is -1.34. The molecule has 0 radical (unpaired) electrons. The van der Waals surface area contributed by atoms with Crippen LogP contribution in [0, 0.1) is 5.92 Å². The van der Waals surface area contributed by atoms with Crippen molar-refractivity contribution in [3.8, 4) is 10.8 Å². The SMILES string of the molecule is COC(=O)CSc1nnc(-c2cc3c(s2)CCC(C)C3)o1. The zero-order valence-electron chi connectivity index (χ0n) is 11.9. The van der Waals surface area contributed by atoms with E-state index in [1.807, 2.05) is 0 Å². The van der Waals surface area contributed by atoms with Crippen molar-refractivity contribution in [3.05, 3.63) is 16.5 Å². The Balaban J connectivity index is 1.73. The summed E-state index contributed by atoms with van der Waals surface area (Å²) in [5.41, 5.74) is 1.41. The van der Waals surface area contributed by atoms with Crippen LogP contribution in [0.3, 0.4) is 0 Å². The number of thioether (sulfide) groups is 1. The van der Waals surface area contributed by atoms with Gasteiger partial charge in [-0.1, -0.05) is 18.7 Å². The number of nitrogens with zero attached hydrogens (tertiary/aromatic N) is 2. The minimum atomic E-state index is -0.305. The molecule has 0 aromatic carbocycles. The lowest BCUT2D eigenvalue weighted by molar-refractivity contribution is -0.137. The van der Waals surface area contributed by atoms with Crippen LogP contribution in [0.2, 0.25) is 0 Å². The molecule has 0 fully saturated rings. The summed E-state index contributed by atoms with van der Waals surface area (Å²) in [5.74, 6) is 1.15. The minimum absolute atomic E-state index is 0.177. The molecule has 112 valence electrons. The number of methoxy groups -OCH3 is 1. The van der Waals surface area contributed by atoms with Crippen molar-refractivity contribution in [2.75, 3.05) is 12.9 Å². The first-order valence-electron chi connectivity index (χ1n) is 6.80. The van der Waals surface area contributed by atoms with Crippen molar-refractivity contribution in [1.82, 2.24) is 10.2 Å². The van der Waals surface area contributed by atoms with Gasteiger partial charge in [0.1, 0.15) is 5.75 Å². The Kier molecular flexibility index (Phi) is 4.30. The quantitative estimate of drug-likeness (QED) is 0.636. The van der Waals surface area contributed by atoms with Gasteiger partial charge in [-0.25, -0.2) is 0 Å². The maximum absolute atomic E-state index is 11.1. The monoisotopic (exact) mass is 324 g/mol. The fourth-order valence-electron chi connectivity index (χ4n) is 2.36. The number of esters is 1. The zero-order valence-corrected chi connectivity index (χ0v) is 13.6. The van der Waals surface area contributed by atoms with Gasteiger partial charge in [0.25, 0.3) is 11.1 Å². The number of aryl methyl sites for hydroxylation is 1. The molecule has 2 heterocycles. The Morgan fingerprint density at radius 3 is 3.24 bits per heavy atom. The van der Waals surface area contributed by atoms with Gasteiger partial charge in [-0.05, 0) is 36.8 Å². The summed E-state index contributed by atoms with van der Waals surface area (Å²) in [6.07, 6.45) is 3.51. The first-order valence-corrected chi connectivity index (χ1v) is 8.61. The van der Waals surface area contributed by atoms with E-state index in [1.54, 1.807) is 11.3 Å². The number of carbonyl (C=O) groups excluding carboxylic acids is 1. The zero-order chi connectivity index (χ0) is 14.8. The van der Waals surface area contributed by atoms with Crippen LogP contribution in [0.5, 0.6) is 0 Å². The Bertz CT molecular complexity index is 650. The predicted octanol–water partition coefficient (Wildman–Crippen LogP) is 3.19. The van der Waals surface area contributed by atoms with Gasteiger partial charge in [-0.2, -0.15) is 0 Å². The number of hydrogen-bond donors (Lipinski definition) is 0. The lowest BCUT2D eigenvalue weighted by Gasteiger charge is -2.16. The molecule has 21 heavy (non-hydrogen) atoms. The number of fused-ring (bicyclic) bond motifs is 1. The molecule has 1 aliphatic carbocycles. The molecule has 0 spiro atoms. The summed E-state index contributed by atoms with van der Waals surface area (Å²) in [7, 11) is 1.36. The predicted molar refractivity (Wildman–Crippen MR) is 81.5 cm³/mol. The number of ether oxygens (including phenoxy) is 1. The number of carbonyl (C=O) groups is 1. The molecule has 1 atom stereocenters. The van der Waals surface area contributed by atoms with Crippen molar-refractivity contribution in [2.45, 2.75) is 31.4 Å². The molecule has 1 aliphatic rings. The van der Waals surface area contributed by atoms with Gasteiger partial charge in [0.2, 0.25) is 0 Å². The topological polar surface area (TPSA) is 65.2 Å². The third kappa shape index (κ3) is 3.29. The molecular formula is C14H16N2O3S2. The van der Waals surface area contributed by atoms with Gasteiger partial charge in [0.05, 0.1) is 12.0 Å². The largest absolute Gasteiger partial charge is 0.468 e. The van der Waals surface area contributed by atoms with Crippen LogP contribution in [0.15, 0.2) is 15.7 Å². The normalized spacial score (nSPS) is 17.5. The molecule has 0 bridgehead atoms. The molecule has 0 aliphatic heterocycles. The van der Waals surface area contributed by atoms with Crippen LogP contribution in [-0.2, 0) is 22.4 Å². The van der Waals surface area contributed by atoms with Gasteiger partial charge in [0, 0.05) is 4.88 Å². The van der Waals surface area contributed by atoms with Crippen LogP contribution in [-0.4, -0.2) is 29.0 Å². The van der Waals surface area contributed by atoms with E-state index in [0.29, 0.717) is 11.1 Å². The van der Waals surface area contributed by atoms with Gasteiger partial charge >= 0.3 is 5.97 Å². The van der Waals surface area contributed by atoms with Crippen molar-refractivity contribution in [2.24, 2.45) is 5.92 Å². The van der Waals surface area contributed by atoms with Crippen LogP contribution < -0.4 is 0 Å². The van der Waals surface area contributed by atoms with E-state index in [2.05, 4.69) is 27.9 Å². The van der Waals surface area contributed by atoms with E-state index >= 15 is 0 Å². The van der Waals surface area contributed by atoms with Gasteiger partial charge in [-0.3, -0.25) is 4.79 Å². The molecule has 7 heteroatoms. The highest BCUT2D eigenvalue weighted by molar-refractivity contribution is 7.99. The summed E-state index contributed by atoms with van der Waals surface area (Å²) in [6.45, 7) is 2.29. The molecule has 0 N–H and O–H groups in total. The Labute approximate surface area is 131 Å². The van der Waals surface area contributed by atoms with Crippen molar-refractivity contribution in [3.63, 3.8) is 0 Å². The van der Waals surface area contributed by atoms with Crippen molar-refractivity contribution in [1.29, 1.82) is 0 Å². The summed E-state index contributed by atoms with van der Waals surface area (Å²) >= 11 is 2.93. The van der Waals surface area contributed by atoms with E-state index in [-0.39, 0.29) is 11.7 Å². The molecule has 3 rings (SSSR count). The maximum Gasteiger partial charge on any atom is 0.316 e. The molecule has 2 aromatic rings. The minimum Gasteiger partial charge on any atom is -0.468 e. The number of aromatic nitrogens is 2. The Morgan fingerprint density at radius 2 is 2.43 bits per heavy atom. The summed E-state index contributed by atoms with van der Waals surface area (Å²) < 4.78 is 10.2. The molecule has 0 saturated carbocycles. The number of rotatable bonds is 4. The fourth-order valence-corrected chi connectivity index (χ4v) is 4.08. The van der Waals surface area contributed by atoms with E-state index < -0.39 is 0 Å². The highest BCUT2D eigenvalue weighted by Crippen LogP contribution is 2.37. The van der Waals surface area contributed by atoms with Crippen molar-refractivity contribution >= 4 is 29.1 Å². The molecule has 1 unspecified atom stereocenters. The van der Waals surface area contributed by atoms with E-state index in [0.717, 1.165) is 23.6 Å². The first-order chi connectivity index (χ1) is 10.2. The summed E-state index contributed by atoms with van der Waals surface area (Å²) in [5, 5.41) is 8.44. The fraction of sp³-hybridized carbons (Fsp3) is 0.500. The number of hydrogen-bond acceptors (Lipinski definition) is 7. The lowest BCUT2D eigenvalue weighted by atomic mass is 9.90. The third-order valence-electron chi connectivity index (χ3n) is 3.49. The number of thiophene rings is 1. The second-order valence-electron chi connectivity index (χ2n) is 5.14. The Morgan fingerprint density at radius 1 is 1.57 bits per heavy atom. The van der Waals surface area contributed by atoms with Crippen LogP contribution in [0.4, 0.5) is 0 Å². The van der Waals surface area contributed by atoms with Crippen LogP contribution >= 0.6 is 23.1 Å². The lowest BCUT2D eigenvalue weighted by Crippen LogP contribution is -2.07. The van der Waals surface area contributed by atoms with Crippen molar-refractivity contribution < 1.29 is 13.9 Å². The van der Waals surface area contributed by atoms with Gasteiger partial charge in [0.15, 0.2) is 0 Å². The van der Waals surface area contributed by atoms with Crippen LogP contribution in [0.25, 0.3) is 10.8 Å². The molecule has 0 amide bonds. The second-order valence-corrected chi connectivity index (χ2v) is 7.21. The molecule has 2 aromatic heterocycles. The van der Waals surface area contributed by atoms with Gasteiger partial charge in [-0.15, -0.1) is 21.5 Å². The summed E-state index contributed by atoms with van der Waals surface area (Å²) in [6, 6.07) is 2.16. The summed E-state index contributed by atoms with van der Waals surface area (Å²) in [4.78, 5) is 13.5. The average Bonchev–Trinajstić information content (AvgIpc) is 3.10. The maximum atomic E-state index is 11.1. The van der Waals surface area contributed by atoms with Gasteiger partial charge < -0.3 is 9.15 Å². The van der Waals surface area contributed by atoms with E-state index in [1.165, 1.54) is 35.7 Å². The first kappa shape index (κ1) is 14.6. The third-order valence-corrected chi connectivity index (χ3v) is 5.50. The molecule has 5 nitrogen and oxygen atoms in total.